The molecular weight excluding hydrogens is 378 g/mol. The minimum Gasteiger partial charge on any atom is -0.454 e. The molecule has 6 nitrogen and oxygen atoms in total. The highest BCUT2D eigenvalue weighted by Gasteiger charge is 2.24. The normalized spacial score (nSPS) is 16.8. The van der Waals surface area contributed by atoms with Crippen LogP contribution in [0, 0.1) is 0 Å². The average molecular weight is 410 g/mol. The van der Waals surface area contributed by atoms with Crippen molar-refractivity contribution in [1.29, 1.82) is 0 Å². The van der Waals surface area contributed by atoms with Crippen molar-refractivity contribution in [3.63, 3.8) is 0 Å². The van der Waals surface area contributed by atoms with Crippen molar-refractivity contribution < 1.29 is 14.3 Å². The van der Waals surface area contributed by atoms with E-state index in [0.29, 0.717) is 19.9 Å². The van der Waals surface area contributed by atoms with Gasteiger partial charge in [0.05, 0.1) is 6.54 Å². The lowest BCUT2D eigenvalue weighted by Crippen LogP contribution is -2.50. The van der Waals surface area contributed by atoms with Gasteiger partial charge < -0.3 is 14.4 Å². The maximum atomic E-state index is 13.0. The Labute approximate surface area is 179 Å². The first-order valence-electron chi connectivity index (χ1n) is 10.7. The maximum absolute atomic E-state index is 13.0. The van der Waals surface area contributed by atoms with Crippen molar-refractivity contribution in [3.8, 4) is 11.5 Å². The second kappa shape index (κ2) is 9.49. The van der Waals surface area contributed by atoms with Gasteiger partial charge in [0.2, 0.25) is 12.7 Å². The SMILES string of the molecule is CC(C)N(Cc1ccccc1)C(=O)CN1CCN(Cc2ccc3c(c2)OCO3)CC1. The van der Waals surface area contributed by atoms with Gasteiger partial charge >= 0.3 is 0 Å². The zero-order valence-corrected chi connectivity index (χ0v) is 17.9. The zero-order valence-electron chi connectivity index (χ0n) is 17.9. The molecule has 0 atom stereocenters. The quantitative estimate of drug-likeness (QED) is 0.704. The minimum atomic E-state index is 0.185. The highest BCUT2D eigenvalue weighted by Crippen LogP contribution is 2.32. The molecule has 0 unspecified atom stereocenters. The summed E-state index contributed by atoms with van der Waals surface area (Å²) in [5.41, 5.74) is 2.41. The van der Waals surface area contributed by atoms with E-state index in [9.17, 15) is 4.79 Å². The molecule has 4 rings (SSSR count). The number of amides is 1. The number of ether oxygens (including phenoxy) is 2. The molecule has 2 aromatic rings. The predicted molar refractivity (Wildman–Crippen MR) is 116 cm³/mol. The lowest BCUT2D eigenvalue weighted by molar-refractivity contribution is -0.135. The second-order valence-corrected chi connectivity index (χ2v) is 8.34. The molecule has 30 heavy (non-hydrogen) atoms. The largest absolute Gasteiger partial charge is 0.454 e. The number of carbonyl (C=O) groups is 1. The summed E-state index contributed by atoms with van der Waals surface area (Å²) in [6.07, 6.45) is 0. The van der Waals surface area contributed by atoms with Gasteiger partial charge in [0, 0.05) is 45.3 Å². The summed E-state index contributed by atoms with van der Waals surface area (Å²) in [7, 11) is 0. The highest BCUT2D eigenvalue weighted by molar-refractivity contribution is 5.78. The van der Waals surface area contributed by atoms with Crippen LogP contribution in [0.15, 0.2) is 48.5 Å². The molecule has 0 N–H and O–H groups in total. The maximum Gasteiger partial charge on any atom is 0.237 e. The van der Waals surface area contributed by atoms with Crippen LogP contribution in [0.2, 0.25) is 0 Å². The fourth-order valence-electron chi connectivity index (χ4n) is 4.02. The number of carbonyl (C=O) groups excluding carboxylic acids is 1. The molecule has 1 fully saturated rings. The van der Waals surface area contributed by atoms with E-state index in [1.54, 1.807) is 0 Å². The first-order chi connectivity index (χ1) is 14.6. The van der Waals surface area contributed by atoms with Crippen LogP contribution in [0.1, 0.15) is 25.0 Å². The Morgan fingerprint density at radius 3 is 2.37 bits per heavy atom. The lowest BCUT2D eigenvalue weighted by Gasteiger charge is -2.36. The molecule has 0 bridgehead atoms. The Bertz CT molecular complexity index is 848. The summed E-state index contributed by atoms with van der Waals surface area (Å²) in [5.74, 6) is 1.87. The molecule has 1 saturated heterocycles. The lowest BCUT2D eigenvalue weighted by atomic mass is 10.1. The number of hydrogen-bond donors (Lipinski definition) is 0. The molecule has 0 saturated carbocycles. The van der Waals surface area contributed by atoms with E-state index >= 15 is 0 Å². The number of piperazine rings is 1. The van der Waals surface area contributed by atoms with Gasteiger partial charge in [0.25, 0.3) is 0 Å². The smallest absolute Gasteiger partial charge is 0.237 e. The summed E-state index contributed by atoms with van der Waals surface area (Å²) in [5, 5.41) is 0. The number of hydrogen-bond acceptors (Lipinski definition) is 5. The van der Waals surface area contributed by atoms with Crippen LogP contribution in [-0.4, -0.2) is 66.2 Å². The van der Waals surface area contributed by atoms with Crippen LogP contribution in [0.3, 0.4) is 0 Å². The van der Waals surface area contributed by atoms with Gasteiger partial charge in [-0.1, -0.05) is 36.4 Å². The molecule has 2 heterocycles. The van der Waals surface area contributed by atoms with E-state index < -0.39 is 0 Å². The topological polar surface area (TPSA) is 45.3 Å². The number of rotatable bonds is 7. The third-order valence-corrected chi connectivity index (χ3v) is 5.81. The van der Waals surface area contributed by atoms with Crippen LogP contribution in [-0.2, 0) is 17.9 Å². The van der Waals surface area contributed by atoms with Crippen molar-refractivity contribution in [1.82, 2.24) is 14.7 Å². The summed E-state index contributed by atoms with van der Waals surface area (Å²) in [6.45, 7) is 10.3. The van der Waals surface area contributed by atoms with E-state index in [0.717, 1.165) is 44.2 Å². The summed E-state index contributed by atoms with van der Waals surface area (Å²) in [6, 6.07) is 16.6. The Hall–Kier alpha value is -2.57. The molecule has 160 valence electrons. The Balaban J connectivity index is 1.26. The van der Waals surface area contributed by atoms with Gasteiger partial charge in [-0.15, -0.1) is 0 Å². The van der Waals surface area contributed by atoms with Gasteiger partial charge in [-0.2, -0.15) is 0 Å². The third kappa shape index (κ3) is 5.12. The van der Waals surface area contributed by atoms with E-state index in [-0.39, 0.29) is 11.9 Å². The fraction of sp³-hybridized carbons (Fsp3) is 0.458. The molecule has 0 aromatic heterocycles. The number of nitrogens with zero attached hydrogens (tertiary/aromatic N) is 3. The molecule has 0 radical (unpaired) electrons. The van der Waals surface area contributed by atoms with E-state index in [2.05, 4.69) is 47.9 Å². The molecule has 2 aromatic carbocycles. The van der Waals surface area contributed by atoms with E-state index in [1.165, 1.54) is 11.1 Å². The van der Waals surface area contributed by atoms with Gasteiger partial charge in [0.1, 0.15) is 0 Å². The fourth-order valence-corrected chi connectivity index (χ4v) is 4.02. The molecule has 2 aliphatic rings. The van der Waals surface area contributed by atoms with Crippen LogP contribution in [0.5, 0.6) is 11.5 Å². The van der Waals surface area contributed by atoms with Gasteiger partial charge in [-0.05, 0) is 37.1 Å². The Morgan fingerprint density at radius 1 is 0.933 bits per heavy atom. The average Bonchev–Trinajstić information content (AvgIpc) is 3.22. The van der Waals surface area contributed by atoms with Crippen molar-refractivity contribution in [2.75, 3.05) is 39.5 Å². The van der Waals surface area contributed by atoms with Crippen molar-refractivity contribution in [2.24, 2.45) is 0 Å². The molecule has 0 spiro atoms. The molecule has 0 aliphatic carbocycles. The van der Waals surface area contributed by atoms with Crippen LogP contribution < -0.4 is 9.47 Å². The molecule has 6 heteroatoms. The van der Waals surface area contributed by atoms with Crippen molar-refractivity contribution in [3.05, 3.63) is 59.7 Å². The van der Waals surface area contributed by atoms with Crippen molar-refractivity contribution >= 4 is 5.91 Å². The zero-order chi connectivity index (χ0) is 20.9. The highest BCUT2D eigenvalue weighted by atomic mass is 16.7. The monoisotopic (exact) mass is 409 g/mol. The van der Waals surface area contributed by atoms with E-state index in [1.807, 2.05) is 29.2 Å². The molecule has 2 aliphatic heterocycles. The van der Waals surface area contributed by atoms with Crippen LogP contribution >= 0.6 is 0 Å². The standard InChI is InChI=1S/C24H31N3O3/c1-19(2)27(16-20-6-4-3-5-7-20)24(28)17-26-12-10-25(11-13-26)15-21-8-9-22-23(14-21)30-18-29-22/h3-9,14,19H,10-13,15-18H2,1-2H3. The Morgan fingerprint density at radius 2 is 1.63 bits per heavy atom. The van der Waals surface area contributed by atoms with Gasteiger partial charge in [-0.25, -0.2) is 0 Å². The number of benzene rings is 2. The van der Waals surface area contributed by atoms with Crippen LogP contribution in [0.25, 0.3) is 0 Å². The van der Waals surface area contributed by atoms with Gasteiger partial charge in [0.15, 0.2) is 11.5 Å². The Kier molecular flexibility index (Phi) is 6.55. The first-order valence-corrected chi connectivity index (χ1v) is 10.7. The minimum absolute atomic E-state index is 0.185. The van der Waals surface area contributed by atoms with Crippen LogP contribution in [0.4, 0.5) is 0 Å². The first kappa shape index (κ1) is 20.7. The predicted octanol–water partition coefficient (Wildman–Crippen LogP) is 2.97. The summed E-state index contributed by atoms with van der Waals surface area (Å²) in [4.78, 5) is 19.7. The van der Waals surface area contributed by atoms with Crippen molar-refractivity contribution in [2.45, 2.75) is 33.0 Å². The summed E-state index contributed by atoms with van der Waals surface area (Å²) >= 11 is 0. The number of fused-ring (bicyclic) bond motifs is 1. The molecular formula is C24H31N3O3. The van der Waals surface area contributed by atoms with E-state index in [4.69, 9.17) is 9.47 Å². The van der Waals surface area contributed by atoms with Gasteiger partial charge in [-0.3, -0.25) is 14.6 Å². The summed E-state index contributed by atoms with van der Waals surface area (Å²) < 4.78 is 10.9. The second-order valence-electron chi connectivity index (χ2n) is 8.34. The third-order valence-electron chi connectivity index (χ3n) is 5.81. The molecule has 1 amide bonds.